The fourth-order valence-electron chi connectivity index (χ4n) is 3.92. The molecule has 0 saturated heterocycles. The molecule has 208 valence electrons. The molecule has 0 aliphatic heterocycles. The quantitative estimate of drug-likeness (QED) is 0.334. The fraction of sp³-hybridized carbons (Fsp3) is 0.310. The van der Waals surface area contributed by atoms with Gasteiger partial charge in [-0.2, -0.15) is 0 Å². The molecule has 3 aromatic carbocycles. The van der Waals surface area contributed by atoms with E-state index in [1.807, 2.05) is 44.2 Å². The topological polar surface area (TPSA) is 96.0 Å². The van der Waals surface area contributed by atoms with Crippen LogP contribution < -0.4 is 14.4 Å². The zero-order valence-electron chi connectivity index (χ0n) is 22.5. The molecule has 2 amide bonds. The zero-order valence-corrected chi connectivity index (χ0v) is 24.1. The van der Waals surface area contributed by atoms with E-state index in [4.69, 9.17) is 16.3 Å². The number of benzene rings is 3. The van der Waals surface area contributed by atoms with Crippen molar-refractivity contribution in [2.45, 2.75) is 50.7 Å². The monoisotopic (exact) mass is 571 g/mol. The molecule has 0 aliphatic rings. The van der Waals surface area contributed by atoms with E-state index in [0.717, 1.165) is 16.3 Å². The van der Waals surface area contributed by atoms with Crippen molar-refractivity contribution in [1.82, 2.24) is 10.2 Å². The van der Waals surface area contributed by atoms with E-state index in [1.54, 1.807) is 37.3 Å². The molecule has 0 saturated carbocycles. The minimum Gasteiger partial charge on any atom is -0.495 e. The summed E-state index contributed by atoms with van der Waals surface area (Å²) in [6.45, 7) is 5.00. The number of halogens is 1. The first-order valence-electron chi connectivity index (χ1n) is 12.6. The van der Waals surface area contributed by atoms with Gasteiger partial charge in [0.25, 0.3) is 10.0 Å². The van der Waals surface area contributed by atoms with E-state index in [0.29, 0.717) is 0 Å². The maximum atomic E-state index is 14.0. The fourth-order valence-corrected chi connectivity index (χ4v) is 5.52. The largest absolute Gasteiger partial charge is 0.495 e. The normalized spacial score (nSPS) is 12.7. The Balaban J connectivity index is 2.07. The van der Waals surface area contributed by atoms with Gasteiger partial charge in [0.15, 0.2) is 0 Å². The number of carbonyl (C=O) groups is 2. The lowest BCUT2D eigenvalue weighted by Crippen LogP contribution is -2.52. The van der Waals surface area contributed by atoms with Crippen molar-refractivity contribution in [2.75, 3.05) is 18.0 Å². The van der Waals surface area contributed by atoms with Gasteiger partial charge in [-0.25, -0.2) is 8.42 Å². The summed E-state index contributed by atoms with van der Waals surface area (Å²) in [5.41, 5.74) is 0.908. The molecule has 0 fully saturated rings. The first-order valence-corrected chi connectivity index (χ1v) is 14.4. The predicted molar refractivity (Wildman–Crippen MR) is 153 cm³/mol. The Morgan fingerprint density at radius 1 is 0.974 bits per heavy atom. The number of methoxy groups -OCH3 is 1. The van der Waals surface area contributed by atoms with Gasteiger partial charge < -0.3 is 15.0 Å². The Morgan fingerprint density at radius 2 is 1.59 bits per heavy atom. The number of sulfonamides is 1. The van der Waals surface area contributed by atoms with Gasteiger partial charge in [0.1, 0.15) is 18.3 Å². The highest BCUT2D eigenvalue weighted by Crippen LogP contribution is 2.35. The Hall–Kier alpha value is -3.56. The zero-order chi connectivity index (χ0) is 28.6. The summed E-state index contributed by atoms with van der Waals surface area (Å²) in [4.78, 5) is 28.4. The third kappa shape index (κ3) is 7.52. The molecule has 39 heavy (non-hydrogen) atoms. The molecular formula is C29H34ClN3O5S. The molecule has 3 rings (SSSR count). The molecule has 8 nitrogen and oxygen atoms in total. The molecule has 0 heterocycles. The molecule has 2 unspecified atom stereocenters. The van der Waals surface area contributed by atoms with Crippen LogP contribution in [-0.2, 0) is 26.2 Å². The molecule has 0 aromatic heterocycles. The van der Waals surface area contributed by atoms with Crippen LogP contribution in [-0.4, -0.2) is 50.9 Å². The van der Waals surface area contributed by atoms with Crippen LogP contribution in [0.1, 0.15) is 32.8 Å². The Morgan fingerprint density at radius 3 is 2.18 bits per heavy atom. The number of nitrogens with one attached hydrogen (secondary N) is 1. The maximum absolute atomic E-state index is 14.0. The van der Waals surface area contributed by atoms with Crippen LogP contribution in [0.3, 0.4) is 0 Å². The molecule has 0 spiro atoms. The minimum absolute atomic E-state index is 0.00278. The van der Waals surface area contributed by atoms with E-state index in [-0.39, 0.29) is 39.8 Å². The van der Waals surface area contributed by atoms with Crippen molar-refractivity contribution >= 4 is 39.1 Å². The van der Waals surface area contributed by atoms with Crippen molar-refractivity contribution in [2.24, 2.45) is 0 Å². The van der Waals surface area contributed by atoms with Crippen LogP contribution >= 0.6 is 11.6 Å². The number of rotatable bonds is 12. The van der Waals surface area contributed by atoms with Crippen LogP contribution in [0.4, 0.5) is 5.69 Å². The number of ether oxygens (including phenoxy) is 1. The second kappa shape index (κ2) is 13.5. The average Bonchev–Trinajstić information content (AvgIpc) is 2.94. The Bertz CT molecular complexity index is 1370. The van der Waals surface area contributed by atoms with Gasteiger partial charge in [-0.15, -0.1) is 0 Å². The lowest BCUT2D eigenvalue weighted by atomic mass is 10.1. The highest BCUT2D eigenvalue weighted by atomic mass is 35.5. The van der Waals surface area contributed by atoms with Crippen LogP contribution in [0.15, 0.2) is 83.8 Å². The van der Waals surface area contributed by atoms with E-state index in [2.05, 4.69) is 5.32 Å². The number of carbonyl (C=O) groups excluding carboxylic acids is 2. The maximum Gasteiger partial charge on any atom is 0.264 e. The summed E-state index contributed by atoms with van der Waals surface area (Å²) < 4.78 is 34.2. The van der Waals surface area contributed by atoms with Crippen LogP contribution in [0, 0.1) is 0 Å². The number of nitrogens with zero attached hydrogens (tertiary/aromatic N) is 2. The number of hydrogen-bond acceptors (Lipinski definition) is 5. The summed E-state index contributed by atoms with van der Waals surface area (Å²) >= 11 is 6.25. The number of hydrogen-bond donors (Lipinski definition) is 1. The van der Waals surface area contributed by atoms with Gasteiger partial charge in [-0.3, -0.25) is 13.9 Å². The van der Waals surface area contributed by atoms with E-state index < -0.39 is 28.5 Å². The summed E-state index contributed by atoms with van der Waals surface area (Å²) in [5, 5.41) is 3.19. The van der Waals surface area contributed by atoms with Crippen molar-refractivity contribution in [3.63, 3.8) is 0 Å². The van der Waals surface area contributed by atoms with Gasteiger partial charge in [0.05, 0.1) is 17.7 Å². The molecule has 0 bridgehead atoms. The van der Waals surface area contributed by atoms with Crippen LogP contribution in [0.25, 0.3) is 0 Å². The lowest BCUT2D eigenvalue weighted by Gasteiger charge is -2.32. The molecule has 1 N–H and O–H groups in total. The molecule has 3 aromatic rings. The number of amides is 2. The summed E-state index contributed by atoms with van der Waals surface area (Å²) in [6, 6.07) is 20.6. The third-order valence-corrected chi connectivity index (χ3v) is 8.39. The second-order valence-corrected chi connectivity index (χ2v) is 11.4. The molecule has 10 heteroatoms. The van der Waals surface area contributed by atoms with Gasteiger partial charge in [0.2, 0.25) is 11.8 Å². The van der Waals surface area contributed by atoms with Gasteiger partial charge >= 0.3 is 0 Å². The molecule has 0 aliphatic carbocycles. The van der Waals surface area contributed by atoms with Gasteiger partial charge in [-0.05, 0) is 56.2 Å². The average molecular weight is 572 g/mol. The molecule has 0 radical (unpaired) electrons. The van der Waals surface area contributed by atoms with E-state index >= 15 is 0 Å². The summed E-state index contributed by atoms with van der Waals surface area (Å²) in [7, 11) is -2.82. The highest BCUT2D eigenvalue weighted by molar-refractivity contribution is 7.92. The van der Waals surface area contributed by atoms with E-state index in [1.165, 1.54) is 30.2 Å². The highest BCUT2D eigenvalue weighted by Gasteiger charge is 2.34. The van der Waals surface area contributed by atoms with Crippen LogP contribution in [0.2, 0.25) is 5.02 Å². The Labute approximate surface area is 235 Å². The van der Waals surface area contributed by atoms with Crippen molar-refractivity contribution < 1.29 is 22.7 Å². The predicted octanol–water partition coefficient (Wildman–Crippen LogP) is 4.88. The minimum atomic E-state index is -4.23. The molecular weight excluding hydrogens is 538 g/mol. The smallest absolute Gasteiger partial charge is 0.264 e. The first kappa shape index (κ1) is 30.0. The van der Waals surface area contributed by atoms with Crippen molar-refractivity contribution in [1.29, 1.82) is 0 Å². The Kier molecular flexibility index (Phi) is 10.4. The third-order valence-electron chi connectivity index (χ3n) is 6.38. The standard InChI is InChI=1S/C29H34ClN3O5S/c1-5-21(2)31-29(35)22(3)32(19-23-12-8-6-9-13-23)28(34)20-33(26-18-24(30)16-17-27(26)38-4)39(36,37)25-14-10-7-11-15-25/h6-18,21-22H,5,19-20H2,1-4H3,(H,31,35). The van der Waals surface area contributed by atoms with Crippen LogP contribution in [0.5, 0.6) is 5.75 Å². The summed E-state index contributed by atoms with van der Waals surface area (Å²) in [6.07, 6.45) is 0.725. The first-order chi connectivity index (χ1) is 18.6. The second-order valence-electron chi connectivity index (χ2n) is 9.14. The number of anilines is 1. The molecule has 2 atom stereocenters. The van der Waals surface area contributed by atoms with Crippen molar-refractivity contribution in [3.05, 3.63) is 89.4 Å². The van der Waals surface area contributed by atoms with Crippen molar-refractivity contribution in [3.8, 4) is 5.75 Å². The van der Waals surface area contributed by atoms with Gasteiger partial charge in [-0.1, -0.05) is 67.1 Å². The lowest BCUT2D eigenvalue weighted by molar-refractivity contribution is -0.139. The van der Waals surface area contributed by atoms with Gasteiger partial charge in [0, 0.05) is 17.6 Å². The summed E-state index contributed by atoms with van der Waals surface area (Å²) in [5.74, 6) is -0.664. The van der Waals surface area contributed by atoms with E-state index in [9.17, 15) is 18.0 Å². The SMILES string of the molecule is CCC(C)NC(=O)C(C)N(Cc1ccccc1)C(=O)CN(c1cc(Cl)ccc1OC)S(=O)(=O)c1ccccc1.